The third-order valence-electron chi connectivity index (χ3n) is 7.31. The summed E-state index contributed by atoms with van der Waals surface area (Å²) < 4.78 is 34.2. The van der Waals surface area contributed by atoms with Crippen LogP contribution < -0.4 is 14.4 Å². The number of methoxy groups -OCH3 is 1. The standard InChI is InChI=1S/C31H36ClN3O5S/c1-3-29(31(37)33-25-10-7-8-11-25)34(21-23-16-18-24(32)19-17-23)30(36)22-35(26-12-9-13-27(20-26)40-2)41(38,39)28-14-5-4-6-15-28/h4-6,9,12-20,25,29H,3,7-8,10-11,21-22H2,1-2H3,(H,33,37). The van der Waals surface area contributed by atoms with Crippen molar-refractivity contribution >= 4 is 39.1 Å². The molecule has 218 valence electrons. The van der Waals surface area contributed by atoms with E-state index in [0.717, 1.165) is 35.6 Å². The van der Waals surface area contributed by atoms with E-state index in [9.17, 15) is 18.0 Å². The topological polar surface area (TPSA) is 96.0 Å². The number of carbonyl (C=O) groups excluding carboxylic acids is 2. The molecule has 0 heterocycles. The van der Waals surface area contributed by atoms with Crippen LogP contribution in [-0.2, 0) is 26.2 Å². The van der Waals surface area contributed by atoms with Gasteiger partial charge >= 0.3 is 0 Å². The molecule has 0 radical (unpaired) electrons. The first-order chi connectivity index (χ1) is 19.7. The quantitative estimate of drug-likeness (QED) is 0.301. The van der Waals surface area contributed by atoms with Gasteiger partial charge in [0.05, 0.1) is 17.7 Å². The second-order valence-electron chi connectivity index (χ2n) is 10.1. The average Bonchev–Trinajstić information content (AvgIpc) is 3.50. The number of sulfonamides is 1. The highest BCUT2D eigenvalue weighted by Gasteiger charge is 2.34. The Hall–Kier alpha value is -3.56. The van der Waals surface area contributed by atoms with Gasteiger partial charge in [0.2, 0.25) is 11.8 Å². The van der Waals surface area contributed by atoms with Crippen LogP contribution in [0.25, 0.3) is 0 Å². The third-order valence-corrected chi connectivity index (χ3v) is 9.35. The van der Waals surface area contributed by atoms with Crippen molar-refractivity contribution in [3.05, 3.63) is 89.4 Å². The number of rotatable bonds is 12. The first-order valence-corrected chi connectivity index (χ1v) is 15.6. The molecule has 0 aromatic heterocycles. The van der Waals surface area contributed by atoms with Crippen molar-refractivity contribution in [2.45, 2.75) is 62.6 Å². The minimum absolute atomic E-state index is 0.0471. The Bertz CT molecular complexity index is 1430. The molecular weight excluding hydrogens is 562 g/mol. The molecule has 0 aliphatic heterocycles. The minimum atomic E-state index is -4.15. The van der Waals surface area contributed by atoms with Crippen molar-refractivity contribution in [1.29, 1.82) is 0 Å². The first kappa shape index (κ1) is 30.4. The van der Waals surface area contributed by atoms with Crippen LogP contribution >= 0.6 is 11.6 Å². The molecule has 0 saturated heterocycles. The predicted molar refractivity (Wildman–Crippen MR) is 160 cm³/mol. The van der Waals surface area contributed by atoms with Crippen LogP contribution in [0.15, 0.2) is 83.8 Å². The van der Waals surface area contributed by atoms with Gasteiger partial charge in [-0.1, -0.05) is 67.8 Å². The summed E-state index contributed by atoms with van der Waals surface area (Å²) in [6, 6.07) is 20.9. The van der Waals surface area contributed by atoms with Crippen LogP contribution in [0.4, 0.5) is 5.69 Å². The Morgan fingerprint density at radius 1 is 1.00 bits per heavy atom. The summed E-state index contributed by atoms with van der Waals surface area (Å²) in [6.07, 6.45) is 4.30. The molecule has 1 fully saturated rings. The fourth-order valence-corrected chi connectivity index (χ4v) is 6.64. The van der Waals surface area contributed by atoms with E-state index >= 15 is 0 Å². The van der Waals surface area contributed by atoms with E-state index in [1.807, 2.05) is 6.92 Å². The average molecular weight is 598 g/mol. The first-order valence-electron chi connectivity index (χ1n) is 13.8. The summed E-state index contributed by atoms with van der Waals surface area (Å²) in [5, 5.41) is 3.67. The third kappa shape index (κ3) is 7.59. The molecule has 0 spiro atoms. The van der Waals surface area contributed by atoms with Gasteiger partial charge in [0.15, 0.2) is 0 Å². The highest BCUT2D eigenvalue weighted by atomic mass is 35.5. The molecule has 3 aromatic carbocycles. The number of hydrogen-bond acceptors (Lipinski definition) is 5. The number of benzene rings is 3. The second kappa shape index (κ2) is 13.9. The fraction of sp³-hybridized carbons (Fsp3) is 0.355. The molecule has 41 heavy (non-hydrogen) atoms. The SMILES string of the molecule is CCC(C(=O)NC1CCCC1)N(Cc1ccc(Cl)cc1)C(=O)CN(c1cccc(OC)c1)S(=O)(=O)c1ccccc1. The van der Waals surface area contributed by atoms with Crippen molar-refractivity contribution in [3.63, 3.8) is 0 Å². The van der Waals surface area contributed by atoms with Gasteiger partial charge in [-0.2, -0.15) is 0 Å². The fourth-order valence-electron chi connectivity index (χ4n) is 5.09. The van der Waals surface area contributed by atoms with Gasteiger partial charge in [-0.15, -0.1) is 0 Å². The molecule has 1 aliphatic carbocycles. The van der Waals surface area contributed by atoms with Gasteiger partial charge in [-0.25, -0.2) is 8.42 Å². The molecule has 1 aliphatic rings. The lowest BCUT2D eigenvalue weighted by Gasteiger charge is -2.33. The normalized spacial score (nSPS) is 14.3. The van der Waals surface area contributed by atoms with Gasteiger partial charge in [0, 0.05) is 23.7 Å². The number of carbonyl (C=O) groups is 2. The zero-order valence-electron chi connectivity index (χ0n) is 23.3. The van der Waals surface area contributed by atoms with Gasteiger partial charge in [-0.3, -0.25) is 13.9 Å². The molecule has 10 heteroatoms. The van der Waals surface area contributed by atoms with E-state index in [1.165, 1.54) is 24.1 Å². The van der Waals surface area contributed by atoms with E-state index in [2.05, 4.69) is 5.32 Å². The molecule has 3 aromatic rings. The lowest BCUT2D eigenvalue weighted by atomic mass is 10.1. The van der Waals surface area contributed by atoms with E-state index < -0.39 is 28.5 Å². The largest absolute Gasteiger partial charge is 0.497 e. The monoisotopic (exact) mass is 597 g/mol. The highest BCUT2D eigenvalue weighted by Crippen LogP contribution is 2.28. The summed E-state index contributed by atoms with van der Waals surface area (Å²) >= 11 is 6.09. The maximum atomic E-state index is 14.2. The molecule has 4 rings (SSSR count). The number of nitrogens with one attached hydrogen (secondary N) is 1. The molecule has 8 nitrogen and oxygen atoms in total. The number of nitrogens with zero attached hydrogens (tertiary/aromatic N) is 2. The van der Waals surface area contributed by atoms with Crippen molar-refractivity contribution < 1.29 is 22.7 Å². The summed E-state index contributed by atoms with van der Waals surface area (Å²) in [5.41, 5.74) is 1.05. The molecule has 1 unspecified atom stereocenters. The Balaban J connectivity index is 1.71. The van der Waals surface area contributed by atoms with Crippen molar-refractivity contribution in [1.82, 2.24) is 10.2 Å². The summed E-state index contributed by atoms with van der Waals surface area (Å²) in [4.78, 5) is 29.2. The number of amides is 2. The van der Waals surface area contributed by atoms with Crippen LogP contribution in [0.1, 0.15) is 44.6 Å². The molecule has 1 atom stereocenters. The van der Waals surface area contributed by atoms with E-state index in [0.29, 0.717) is 17.2 Å². The van der Waals surface area contributed by atoms with Crippen molar-refractivity contribution in [3.8, 4) is 5.75 Å². The maximum absolute atomic E-state index is 14.2. The molecule has 1 N–H and O–H groups in total. The molecule has 2 amide bonds. The number of halogens is 1. The minimum Gasteiger partial charge on any atom is -0.497 e. The summed E-state index contributed by atoms with van der Waals surface area (Å²) in [6.45, 7) is 1.46. The van der Waals surface area contributed by atoms with Crippen LogP contribution in [0.5, 0.6) is 5.75 Å². The lowest BCUT2D eigenvalue weighted by molar-refractivity contribution is -0.140. The van der Waals surface area contributed by atoms with Gasteiger partial charge in [-0.05, 0) is 61.2 Å². The predicted octanol–water partition coefficient (Wildman–Crippen LogP) is 5.41. The van der Waals surface area contributed by atoms with Gasteiger partial charge in [0.25, 0.3) is 10.0 Å². The van der Waals surface area contributed by atoms with Crippen molar-refractivity contribution in [2.75, 3.05) is 18.0 Å². The highest BCUT2D eigenvalue weighted by molar-refractivity contribution is 7.92. The number of hydrogen-bond donors (Lipinski definition) is 1. The Kier molecular flexibility index (Phi) is 10.3. The zero-order chi connectivity index (χ0) is 29.4. The van der Waals surface area contributed by atoms with E-state index in [4.69, 9.17) is 16.3 Å². The Labute approximate surface area is 247 Å². The molecule has 0 bridgehead atoms. The van der Waals surface area contributed by atoms with Crippen LogP contribution in [0.2, 0.25) is 5.02 Å². The van der Waals surface area contributed by atoms with Crippen LogP contribution in [-0.4, -0.2) is 50.9 Å². The summed E-state index contributed by atoms with van der Waals surface area (Å²) in [5.74, 6) is -0.292. The van der Waals surface area contributed by atoms with Crippen LogP contribution in [0.3, 0.4) is 0 Å². The van der Waals surface area contributed by atoms with Crippen LogP contribution in [0, 0.1) is 0 Å². The van der Waals surface area contributed by atoms with Crippen molar-refractivity contribution in [2.24, 2.45) is 0 Å². The second-order valence-corrected chi connectivity index (χ2v) is 12.4. The molecular formula is C31H36ClN3O5S. The van der Waals surface area contributed by atoms with Gasteiger partial charge in [0.1, 0.15) is 18.3 Å². The van der Waals surface area contributed by atoms with E-state index in [-0.39, 0.29) is 29.1 Å². The van der Waals surface area contributed by atoms with Gasteiger partial charge < -0.3 is 15.0 Å². The summed E-state index contributed by atoms with van der Waals surface area (Å²) in [7, 11) is -2.66. The Morgan fingerprint density at radius 2 is 1.68 bits per heavy atom. The number of ether oxygens (including phenoxy) is 1. The Morgan fingerprint density at radius 3 is 2.32 bits per heavy atom. The zero-order valence-corrected chi connectivity index (χ0v) is 24.9. The lowest BCUT2D eigenvalue weighted by Crippen LogP contribution is -2.53. The maximum Gasteiger partial charge on any atom is 0.264 e. The smallest absolute Gasteiger partial charge is 0.264 e. The number of anilines is 1. The molecule has 1 saturated carbocycles. The van der Waals surface area contributed by atoms with E-state index in [1.54, 1.807) is 66.7 Å².